The number of methoxy groups -OCH3 is 1. The molecule has 27 heavy (non-hydrogen) atoms. The summed E-state index contributed by atoms with van der Waals surface area (Å²) in [5.74, 6) is 0.127. The van der Waals surface area contributed by atoms with E-state index in [-0.39, 0.29) is 17.1 Å². The highest BCUT2D eigenvalue weighted by Gasteiger charge is 2.35. The maximum Gasteiger partial charge on any atom is 0.293 e. The number of nitro groups is 1. The third-order valence-corrected chi connectivity index (χ3v) is 5.21. The van der Waals surface area contributed by atoms with Crippen molar-refractivity contribution in [3.63, 3.8) is 0 Å². The van der Waals surface area contributed by atoms with E-state index in [1.807, 2.05) is 6.07 Å². The molecule has 2 amide bonds. The van der Waals surface area contributed by atoms with E-state index in [9.17, 15) is 19.7 Å². The average Bonchev–Trinajstić information content (AvgIpc) is 2.89. The standard InChI is InChI=1S/C18H13BrN2O5S/c1-26-15-6-5-13(19)8-12(15)9-16-17(22)20(18(23)27-16)10-11-3-2-4-14(7-11)21(24)25/h2-9H,10H2,1H3. The van der Waals surface area contributed by atoms with E-state index in [0.717, 1.165) is 21.1 Å². The number of nitro benzene ring substituents is 1. The molecule has 0 aromatic heterocycles. The Bertz CT molecular complexity index is 976. The van der Waals surface area contributed by atoms with E-state index in [4.69, 9.17) is 4.74 Å². The fourth-order valence-electron chi connectivity index (χ4n) is 2.55. The number of hydrogen-bond acceptors (Lipinski definition) is 6. The van der Waals surface area contributed by atoms with Gasteiger partial charge in [-0.15, -0.1) is 0 Å². The van der Waals surface area contributed by atoms with E-state index < -0.39 is 16.1 Å². The number of carbonyl (C=O) groups excluding carboxylic acids is 2. The maximum absolute atomic E-state index is 12.7. The molecule has 1 fully saturated rings. The molecule has 3 rings (SSSR count). The second-order valence-electron chi connectivity index (χ2n) is 5.58. The lowest BCUT2D eigenvalue weighted by molar-refractivity contribution is -0.384. The zero-order chi connectivity index (χ0) is 19.6. The van der Waals surface area contributed by atoms with Crippen LogP contribution in [0, 0.1) is 10.1 Å². The Hall–Kier alpha value is -2.65. The zero-order valence-corrected chi connectivity index (χ0v) is 16.5. The van der Waals surface area contributed by atoms with Crippen molar-refractivity contribution >= 4 is 50.6 Å². The molecule has 1 aliphatic heterocycles. The van der Waals surface area contributed by atoms with Crippen LogP contribution in [0.15, 0.2) is 51.8 Å². The Kier molecular flexibility index (Phi) is 5.62. The predicted octanol–water partition coefficient (Wildman–Crippen LogP) is 4.60. The molecule has 1 saturated heterocycles. The monoisotopic (exact) mass is 448 g/mol. The third kappa shape index (κ3) is 4.20. The van der Waals surface area contributed by atoms with E-state index in [2.05, 4.69) is 15.9 Å². The number of hydrogen-bond donors (Lipinski definition) is 0. The van der Waals surface area contributed by atoms with Gasteiger partial charge in [0.1, 0.15) is 5.75 Å². The number of imide groups is 1. The Balaban J connectivity index is 1.86. The zero-order valence-electron chi connectivity index (χ0n) is 14.0. The lowest BCUT2D eigenvalue weighted by Gasteiger charge is -2.12. The average molecular weight is 449 g/mol. The summed E-state index contributed by atoms with van der Waals surface area (Å²) in [6, 6.07) is 11.2. The molecule has 0 bridgehead atoms. The van der Waals surface area contributed by atoms with Gasteiger partial charge in [0, 0.05) is 22.2 Å². The number of ether oxygens (including phenoxy) is 1. The molecular formula is C18H13BrN2O5S. The Morgan fingerprint density at radius 3 is 2.74 bits per heavy atom. The van der Waals surface area contributed by atoms with Crippen LogP contribution in [0.2, 0.25) is 0 Å². The highest BCUT2D eigenvalue weighted by molar-refractivity contribution is 9.10. The van der Waals surface area contributed by atoms with Gasteiger partial charge in [-0.1, -0.05) is 28.1 Å². The first kappa shape index (κ1) is 19.1. The fraction of sp³-hybridized carbons (Fsp3) is 0.111. The summed E-state index contributed by atoms with van der Waals surface area (Å²) in [4.78, 5) is 36.6. The summed E-state index contributed by atoms with van der Waals surface area (Å²) in [5, 5.41) is 10.5. The normalized spacial score (nSPS) is 15.5. The number of thioether (sulfide) groups is 1. The van der Waals surface area contributed by atoms with Gasteiger partial charge >= 0.3 is 0 Å². The largest absolute Gasteiger partial charge is 0.496 e. The van der Waals surface area contributed by atoms with Crippen LogP contribution >= 0.6 is 27.7 Å². The lowest BCUT2D eigenvalue weighted by atomic mass is 10.1. The summed E-state index contributed by atoms with van der Waals surface area (Å²) < 4.78 is 6.09. The van der Waals surface area contributed by atoms with E-state index in [1.54, 1.807) is 24.3 Å². The van der Waals surface area contributed by atoms with Crippen molar-refractivity contribution in [2.24, 2.45) is 0 Å². The van der Waals surface area contributed by atoms with Crippen LogP contribution in [0.5, 0.6) is 5.75 Å². The van der Waals surface area contributed by atoms with Crippen molar-refractivity contribution in [1.82, 2.24) is 4.90 Å². The number of benzene rings is 2. The van der Waals surface area contributed by atoms with Gasteiger partial charge in [-0.25, -0.2) is 0 Å². The summed E-state index contributed by atoms with van der Waals surface area (Å²) in [6.07, 6.45) is 1.60. The molecule has 2 aromatic rings. The van der Waals surface area contributed by atoms with E-state index in [1.165, 1.54) is 25.3 Å². The SMILES string of the molecule is COc1ccc(Br)cc1C=C1SC(=O)N(Cc2cccc([N+](=O)[O-])c2)C1=O. The first-order valence-electron chi connectivity index (χ1n) is 7.71. The van der Waals surface area contributed by atoms with Gasteiger partial charge in [0.25, 0.3) is 16.8 Å². The van der Waals surface area contributed by atoms with Crippen molar-refractivity contribution in [2.45, 2.75) is 6.54 Å². The first-order valence-corrected chi connectivity index (χ1v) is 9.32. The molecule has 138 valence electrons. The molecule has 1 heterocycles. The molecule has 0 atom stereocenters. The number of rotatable bonds is 5. The summed E-state index contributed by atoms with van der Waals surface area (Å²) in [7, 11) is 1.52. The molecule has 2 aromatic carbocycles. The number of amides is 2. The minimum atomic E-state index is -0.517. The van der Waals surface area contributed by atoms with Crippen LogP contribution < -0.4 is 4.74 Å². The highest BCUT2D eigenvalue weighted by Crippen LogP contribution is 2.35. The molecular weight excluding hydrogens is 436 g/mol. The van der Waals surface area contributed by atoms with Gasteiger partial charge in [0.2, 0.25) is 0 Å². The van der Waals surface area contributed by atoms with E-state index >= 15 is 0 Å². The van der Waals surface area contributed by atoms with Gasteiger partial charge in [-0.3, -0.25) is 24.6 Å². The second kappa shape index (κ2) is 7.93. The Morgan fingerprint density at radius 2 is 2.04 bits per heavy atom. The number of halogens is 1. The molecule has 0 unspecified atom stereocenters. The van der Waals surface area contributed by atoms with Crippen LogP contribution in [0.4, 0.5) is 10.5 Å². The van der Waals surface area contributed by atoms with Gasteiger partial charge in [0.15, 0.2) is 0 Å². The molecule has 7 nitrogen and oxygen atoms in total. The first-order chi connectivity index (χ1) is 12.9. The third-order valence-electron chi connectivity index (χ3n) is 3.81. The highest BCUT2D eigenvalue weighted by atomic mass is 79.9. The van der Waals surface area contributed by atoms with Gasteiger partial charge in [-0.05, 0) is 41.6 Å². The molecule has 0 saturated carbocycles. The number of carbonyl (C=O) groups is 2. The topological polar surface area (TPSA) is 89.8 Å². The minimum Gasteiger partial charge on any atom is -0.496 e. The minimum absolute atomic E-state index is 0.0285. The van der Waals surface area contributed by atoms with Gasteiger partial charge in [0.05, 0.1) is 23.5 Å². The Morgan fingerprint density at radius 1 is 1.26 bits per heavy atom. The summed E-state index contributed by atoms with van der Waals surface area (Å²) in [5.41, 5.74) is 1.08. The van der Waals surface area contributed by atoms with Crippen molar-refractivity contribution in [1.29, 1.82) is 0 Å². The van der Waals surface area contributed by atoms with Crippen molar-refractivity contribution in [3.8, 4) is 5.75 Å². The smallest absolute Gasteiger partial charge is 0.293 e. The molecule has 0 N–H and O–H groups in total. The van der Waals surface area contributed by atoms with Crippen LogP contribution in [-0.2, 0) is 11.3 Å². The maximum atomic E-state index is 12.7. The Labute approximate surface area is 167 Å². The molecule has 0 spiro atoms. The van der Waals surface area contributed by atoms with Gasteiger partial charge in [-0.2, -0.15) is 0 Å². The van der Waals surface area contributed by atoms with Crippen LogP contribution in [0.25, 0.3) is 6.08 Å². The molecule has 9 heteroatoms. The van der Waals surface area contributed by atoms with Crippen LogP contribution in [0.1, 0.15) is 11.1 Å². The van der Waals surface area contributed by atoms with Crippen LogP contribution in [-0.4, -0.2) is 28.1 Å². The summed E-state index contributed by atoms with van der Waals surface area (Å²) >= 11 is 4.19. The fourth-order valence-corrected chi connectivity index (χ4v) is 3.75. The van der Waals surface area contributed by atoms with Crippen molar-refractivity contribution in [3.05, 3.63) is 73.1 Å². The predicted molar refractivity (Wildman–Crippen MR) is 105 cm³/mol. The quantitative estimate of drug-likeness (QED) is 0.377. The lowest BCUT2D eigenvalue weighted by Crippen LogP contribution is -2.27. The number of non-ortho nitro benzene ring substituents is 1. The second-order valence-corrected chi connectivity index (χ2v) is 7.49. The summed E-state index contributed by atoms with van der Waals surface area (Å²) in [6.45, 7) is -0.0285. The number of nitrogens with zero attached hydrogens (tertiary/aromatic N) is 2. The van der Waals surface area contributed by atoms with Crippen molar-refractivity contribution < 1.29 is 19.2 Å². The molecule has 0 radical (unpaired) electrons. The molecule has 0 aliphatic carbocycles. The van der Waals surface area contributed by atoms with E-state index in [0.29, 0.717) is 16.9 Å². The molecule has 1 aliphatic rings. The van der Waals surface area contributed by atoms with Crippen LogP contribution in [0.3, 0.4) is 0 Å². The van der Waals surface area contributed by atoms with Gasteiger partial charge < -0.3 is 4.74 Å². The van der Waals surface area contributed by atoms with Crippen molar-refractivity contribution in [2.75, 3.05) is 7.11 Å².